The molecule has 100 valence electrons. The average Bonchev–Trinajstić information content (AvgIpc) is 2.29. The summed E-state index contributed by atoms with van der Waals surface area (Å²) in [6.07, 6.45) is 0. The molecular weight excluding hydrogens is 442 g/mol. The van der Waals surface area contributed by atoms with Crippen LogP contribution < -0.4 is 11.2 Å². The van der Waals surface area contributed by atoms with E-state index in [1.54, 1.807) is 6.92 Å². The van der Waals surface area contributed by atoms with Crippen LogP contribution in [0.2, 0.25) is 5.02 Å². The molecule has 2 aromatic rings. The minimum Gasteiger partial charge on any atom is -0.301 e. The molecule has 7 heteroatoms. The maximum absolute atomic E-state index is 13.7. The Morgan fingerprint density at radius 2 is 1.95 bits per heavy atom. The van der Waals surface area contributed by atoms with Crippen LogP contribution in [0, 0.1) is 18.8 Å². The first-order chi connectivity index (χ1) is 8.41. The summed E-state index contributed by atoms with van der Waals surface area (Å²) in [5, 5.41) is 0.0771. The Morgan fingerprint density at radius 3 is 2.53 bits per heavy atom. The third kappa shape index (κ3) is 2.87. The molecule has 0 aliphatic rings. The molecule has 0 atom stereocenters. The summed E-state index contributed by atoms with van der Waals surface area (Å²) in [5.41, 5.74) is -0.871. The predicted octanol–water partition coefficient (Wildman–Crippen LogP) is 1.43. The molecule has 0 amide bonds. The van der Waals surface area contributed by atoms with Crippen molar-refractivity contribution in [1.29, 1.82) is 0 Å². The van der Waals surface area contributed by atoms with Gasteiger partial charge < -0.3 is 4.57 Å². The number of aryl methyl sites for hydroxylation is 1. The maximum atomic E-state index is 13.7. The van der Waals surface area contributed by atoms with E-state index in [1.807, 2.05) is 0 Å². The maximum Gasteiger partial charge on any atom is 0.324 e. The van der Waals surface area contributed by atoms with Crippen molar-refractivity contribution >= 4 is 11.6 Å². The van der Waals surface area contributed by atoms with Crippen LogP contribution in [0.25, 0.3) is 5.69 Å². The third-order valence-electron chi connectivity index (χ3n) is 2.65. The second-order valence-electron chi connectivity index (χ2n) is 3.82. The summed E-state index contributed by atoms with van der Waals surface area (Å²) in [5.74, 6) is -0.748. The van der Waals surface area contributed by atoms with Crippen molar-refractivity contribution in [2.24, 2.45) is 7.05 Å². The second kappa shape index (κ2) is 5.84. The van der Waals surface area contributed by atoms with Crippen molar-refractivity contribution in [3.63, 3.8) is 0 Å². The Balaban J connectivity index is 0.00000180. The summed E-state index contributed by atoms with van der Waals surface area (Å²) in [6.45, 7) is 1.62. The van der Waals surface area contributed by atoms with Crippen molar-refractivity contribution in [1.82, 2.24) is 9.13 Å². The standard InChI is InChI=1S/C12H9ClFN2O2.W/c1-7-5-11(17)16(12(18)15(7)2)10-4-3-8(13)6-9(10)14;/h4-6H,1-2H3;/q-1;. The molecule has 4 nitrogen and oxygen atoms in total. The van der Waals surface area contributed by atoms with Gasteiger partial charge in [0.25, 0.3) is 0 Å². The van der Waals surface area contributed by atoms with Crippen LogP contribution in [-0.2, 0) is 28.1 Å². The van der Waals surface area contributed by atoms with Crippen LogP contribution in [0.5, 0.6) is 0 Å². The van der Waals surface area contributed by atoms with Crippen molar-refractivity contribution in [2.75, 3.05) is 0 Å². The number of aromatic nitrogens is 2. The van der Waals surface area contributed by atoms with Crippen molar-refractivity contribution in [3.8, 4) is 5.69 Å². The quantitative estimate of drug-likeness (QED) is 0.616. The fraction of sp³-hybridized carbons (Fsp3) is 0.167. The smallest absolute Gasteiger partial charge is 0.301 e. The summed E-state index contributed by atoms with van der Waals surface area (Å²) in [4.78, 5) is 23.7. The summed E-state index contributed by atoms with van der Waals surface area (Å²) in [6, 6.07) is 5.98. The zero-order valence-electron chi connectivity index (χ0n) is 10.1. The molecule has 0 aliphatic carbocycles. The predicted molar refractivity (Wildman–Crippen MR) is 65.8 cm³/mol. The fourth-order valence-corrected chi connectivity index (χ4v) is 1.71. The number of benzene rings is 1. The van der Waals surface area contributed by atoms with Crippen molar-refractivity contribution in [2.45, 2.75) is 6.92 Å². The third-order valence-corrected chi connectivity index (χ3v) is 2.86. The monoisotopic (exact) mass is 451 g/mol. The molecule has 0 radical (unpaired) electrons. The molecule has 0 fully saturated rings. The molecule has 0 saturated carbocycles. The van der Waals surface area contributed by atoms with E-state index >= 15 is 0 Å². The minimum atomic E-state index is -0.748. The van der Waals surface area contributed by atoms with Gasteiger partial charge in [-0.3, -0.25) is 9.36 Å². The molecule has 19 heavy (non-hydrogen) atoms. The second-order valence-corrected chi connectivity index (χ2v) is 4.22. The minimum absolute atomic E-state index is 0. The van der Waals surface area contributed by atoms with Crippen LogP contribution in [0.3, 0.4) is 0 Å². The van der Waals surface area contributed by atoms with E-state index in [1.165, 1.54) is 23.7 Å². The van der Waals surface area contributed by atoms with Gasteiger partial charge >= 0.3 is 5.69 Å². The Hall–Kier alpha value is -1.19. The molecular formula is C12H9ClFN2O2W-. The summed E-state index contributed by atoms with van der Waals surface area (Å²) in [7, 11) is 1.51. The zero-order valence-corrected chi connectivity index (χ0v) is 13.8. The van der Waals surface area contributed by atoms with E-state index in [2.05, 4.69) is 6.07 Å². The number of halogens is 2. The van der Waals surface area contributed by atoms with E-state index < -0.39 is 17.1 Å². The van der Waals surface area contributed by atoms with Gasteiger partial charge in [0.05, 0.1) is 0 Å². The van der Waals surface area contributed by atoms with Gasteiger partial charge in [-0.25, -0.2) is 9.18 Å². The van der Waals surface area contributed by atoms with Gasteiger partial charge in [-0.2, -0.15) is 6.07 Å². The number of hydrogen-bond acceptors (Lipinski definition) is 2. The van der Waals surface area contributed by atoms with E-state index in [4.69, 9.17) is 11.6 Å². The molecule has 0 bridgehead atoms. The number of rotatable bonds is 1. The van der Waals surface area contributed by atoms with Crippen LogP contribution in [0.4, 0.5) is 4.39 Å². The molecule has 0 saturated heterocycles. The van der Waals surface area contributed by atoms with E-state index in [9.17, 15) is 14.0 Å². The molecule has 1 aromatic heterocycles. The van der Waals surface area contributed by atoms with Gasteiger partial charge in [0.15, 0.2) is 0 Å². The molecule has 0 spiro atoms. The Kier molecular flexibility index (Phi) is 4.88. The van der Waals surface area contributed by atoms with Gasteiger partial charge in [-0.1, -0.05) is 5.02 Å². The van der Waals surface area contributed by atoms with Gasteiger partial charge in [0.1, 0.15) is 0 Å². The van der Waals surface area contributed by atoms with E-state index in [-0.39, 0.29) is 31.8 Å². The molecule has 2 rings (SSSR count). The van der Waals surface area contributed by atoms with Gasteiger partial charge in [-0.15, -0.1) is 23.7 Å². The Labute approximate surface area is 127 Å². The van der Waals surface area contributed by atoms with Crippen LogP contribution >= 0.6 is 11.6 Å². The Morgan fingerprint density at radius 1 is 1.32 bits per heavy atom. The Bertz CT molecular complexity index is 739. The number of nitrogens with zero attached hydrogens (tertiary/aromatic N) is 2. The fourth-order valence-electron chi connectivity index (χ4n) is 1.56. The first kappa shape index (κ1) is 15.9. The zero-order chi connectivity index (χ0) is 13.4. The normalized spacial score (nSPS) is 10.1. The first-order valence-corrected chi connectivity index (χ1v) is 5.46. The SMILES string of the molecule is Cc1cc(=O)n(-c2c[c-]c(Cl)cc2F)c(=O)n1C.[W]. The van der Waals surface area contributed by atoms with Crippen LogP contribution in [0.15, 0.2) is 27.8 Å². The molecule has 0 N–H and O–H groups in total. The topological polar surface area (TPSA) is 44.0 Å². The molecule has 0 aliphatic heterocycles. The number of hydrogen-bond donors (Lipinski definition) is 0. The largest absolute Gasteiger partial charge is 0.324 e. The van der Waals surface area contributed by atoms with E-state index in [0.29, 0.717) is 5.69 Å². The summed E-state index contributed by atoms with van der Waals surface area (Å²) < 4.78 is 15.7. The van der Waals surface area contributed by atoms with Crippen LogP contribution in [-0.4, -0.2) is 9.13 Å². The van der Waals surface area contributed by atoms with Crippen molar-refractivity contribution < 1.29 is 25.5 Å². The van der Waals surface area contributed by atoms with Crippen molar-refractivity contribution in [3.05, 3.63) is 61.6 Å². The van der Waals surface area contributed by atoms with Gasteiger partial charge in [0.2, 0.25) is 5.56 Å². The van der Waals surface area contributed by atoms with E-state index in [0.717, 1.165) is 10.6 Å². The molecule has 1 aromatic carbocycles. The first-order valence-electron chi connectivity index (χ1n) is 5.08. The van der Waals surface area contributed by atoms with Gasteiger partial charge in [0, 0.05) is 45.7 Å². The average molecular weight is 452 g/mol. The van der Waals surface area contributed by atoms with Crippen LogP contribution in [0.1, 0.15) is 5.69 Å². The van der Waals surface area contributed by atoms with Gasteiger partial charge in [-0.05, 0) is 12.6 Å². The molecule has 0 unspecified atom stereocenters. The molecule has 1 heterocycles. The summed E-state index contributed by atoms with van der Waals surface area (Å²) >= 11 is 5.57.